The summed E-state index contributed by atoms with van der Waals surface area (Å²) in [5.41, 5.74) is 1.23. The van der Waals surface area contributed by atoms with Crippen LogP contribution in [0.15, 0.2) is 48.8 Å². The van der Waals surface area contributed by atoms with Crippen molar-refractivity contribution in [2.24, 2.45) is 0 Å². The third-order valence-corrected chi connectivity index (χ3v) is 5.78. The van der Waals surface area contributed by atoms with Gasteiger partial charge in [-0.3, -0.25) is 9.78 Å². The van der Waals surface area contributed by atoms with Crippen molar-refractivity contribution in [2.45, 2.75) is 43.5 Å². The van der Waals surface area contributed by atoms with E-state index in [1.54, 1.807) is 12.3 Å². The highest BCUT2D eigenvalue weighted by Gasteiger charge is 2.44. The van der Waals surface area contributed by atoms with Crippen LogP contribution in [0.1, 0.15) is 47.7 Å². The molecule has 1 aromatic heterocycles. The largest absolute Gasteiger partial charge is 0.393 e. The second kappa shape index (κ2) is 7.58. The van der Waals surface area contributed by atoms with E-state index in [2.05, 4.69) is 4.98 Å². The van der Waals surface area contributed by atoms with Crippen LogP contribution in [-0.2, 0) is 4.74 Å². The molecule has 0 aliphatic carbocycles. The van der Waals surface area contributed by atoms with E-state index in [1.807, 2.05) is 35.2 Å². The smallest absolute Gasteiger partial charge is 0.255 e. The van der Waals surface area contributed by atoms with Gasteiger partial charge in [-0.1, -0.05) is 41.9 Å². The maximum Gasteiger partial charge on any atom is 0.255 e. The highest BCUT2D eigenvalue weighted by atomic mass is 35.5. The van der Waals surface area contributed by atoms with Crippen LogP contribution in [0.25, 0.3) is 0 Å². The monoisotopic (exact) mass is 386 g/mol. The summed E-state index contributed by atoms with van der Waals surface area (Å²) in [6, 6.07) is 11.7. The molecule has 0 radical (unpaired) electrons. The summed E-state index contributed by atoms with van der Waals surface area (Å²) < 4.78 is 6.49. The second-order valence-electron chi connectivity index (χ2n) is 7.48. The number of piperidine rings is 1. The number of aromatic nitrogens is 1. The Bertz CT molecular complexity index is 806. The molecule has 1 spiro atoms. The number of likely N-dealkylation sites (tertiary alicyclic amines) is 1. The molecule has 0 unspecified atom stereocenters. The standard InChI is InChI=1S/C21H23ClN2O3/c22-17-10-16(13-23-14-17)20(26)24-8-6-21(7-9-24)12-18(25)11-19(27-21)15-4-2-1-3-5-15/h1-5,10,13-14,18-19,25H,6-9,11-12H2/t18-,19+/m0/s1. The van der Waals surface area contributed by atoms with Crippen LogP contribution in [-0.4, -0.2) is 45.7 Å². The summed E-state index contributed by atoms with van der Waals surface area (Å²) in [6.45, 7) is 1.19. The molecular formula is C21H23ClN2O3. The topological polar surface area (TPSA) is 62.7 Å². The molecule has 1 N–H and O–H groups in total. The van der Waals surface area contributed by atoms with E-state index < -0.39 is 0 Å². The normalized spacial score (nSPS) is 24.7. The first kappa shape index (κ1) is 18.4. The maximum absolute atomic E-state index is 12.7. The fourth-order valence-corrected chi connectivity index (χ4v) is 4.35. The average molecular weight is 387 g/mol. The van der Waals surface area contributed by atoms with Crippen LogP contribution in [0.3, 0.4) is 0 Å². The molecule has 2 saturated heterocycles. The molecule has 3 heterocycles. The van der Waals surface area contributed by atoms with Gasteiger partial charge >= 0.3 is 0 Å². The van der Waals surface area contributed by atoms with Crippen LogP contribution >= 0.6 is 11.6 Å². The first-order valence-corrected chi connectivity index (χ1v) is 9.73. The summed E-state index contributed by atoms with van der Waals surface area (Å²) in [5.74, 6) is -0.0594. The van der Waals surface area contributed by atoms with Crippen LogP contribution in [0.5, 0.6) is 0 Å². The summed E-state index contributed by atoms with van der Waals surface area (Å²) >= 11 is 5.95. The van der Waals surface area contributed by atoms with E-state index in [9.17, 15) is 9.90 Å². The van der Waals surface area contributed by atoms with Gasteiger partial charge in [0.05, 0.1) is 28.4 Å². The highest BCUT2D eigenvalue weighted by molar-refractivity contribution is 6.30. The number of pyridine rings is 1. The predicted molar refractivity (Wildman–Crippen MR) is 103 cm³/mol. The zero-order chi connectivity index (χ0) is 18.9. The third-order valence-electron chi connectivity index (χ3n) is 5.57. The molecule has 5 nitrogen and oxygen atoms in total. The Morgan fingerprint density at radius 3 is 2.67 bits per heavy atom. The number of rotatable bonds is 2. The molecule has 4 rings (SSSR count). The van der Waals surface area contributed by atoms with Gasteiger partial charge in [0.2, 0.25) is 0 Å². The van der Waals surface area contributed by atoms with Crippen LogP contribution < -0.4 is 0 Å². The zero-order valence-electron chi connectivity index (χ0n) is 15.1. The van der Waals surface area contributed by atoms with Gasteiger partial charge in [0, 0.05) is 38.3 Å². The van der Waals surface area contributed by atoms with E-state index in [4.69, 9.17) is 16.3 Å². The van der Waals surface area contributed by atoms with Crippen molar-refractivity contribution in [3.8, 4) is 0 Å². The summed E-state index contributed by atoms with van der Waals surface area (Å²) in [7, 11) is 0. The number of aliphatic hydroxyl groups excluding tert-OH is 1. The molecule has 0 saturated carbocycles. The number of ether oxygens (including phenoxy) is 1. The molecule has 142 valence electrons. The van der Waals surface area contributed by atoms with Crippen LogP contribution in [0.2, 0.25) is 5.02 Å². The molecule has 2 aromatic rings. The predicted octanol–water partition coefficient (Wildman–Crippen LogP) is 3.62. The third kappa shape index (κ3) is 4.00. The minimum atomic E-state index is -0.386. The quantitative estimate of drug-likeness (QED) is 0.856. The summed E-state index contributed by atoms with van der Waals surface area (Å²) in [6.07, 6.45) is 5.24. The molecule has 2 aliphatic heterocycles. The minimum absolute atomic E-state index is 0.0594. The SMILES string of the molecule is O=C(c1cncc(Cl)c1)N1CCC2(CC1)C[C@@H](O)C[C@H](c1ccccc1)O2. The lowest BCUT2D eigenvalue weighted by Gasteiger charge is -2.48. The van der Waals surface area contributed by atoms with Gasteiger partial charge in [0.1, 0.15) is 0 Å². The molecule has 2 atom stereocenters. The van der Waals surface area contributed by atoms with Crippen molar-refractivity contribution < 1.29 is 14.6 Å². The van der Waals surface area contributed by atoms with Crippen molar-refractivity contribution >= 4 is 17.5 Å². The van der Waals surface area contributed by atoms with E-state index in [0.717, 1.165) is 5.56 Å². The lowest BCUT2D eigenvalue weighted by molar-refractivity contribution is -0.181. The van der Waals surface area contributed by atoms with Crippen molar-refractivity contribution in [2.75, 3.05) is 13.1 Å². The van der Waals surface area contributed by atoms with Crippen LogP contribution in [0.4, 0.5) is 0 Å². The summed E-state index contributed by atoms with van der Waals surface area (Å²) in [5, 5.41) is 10.9. The number of hydrogen-bond donors (Lipinski definition) is 1. The number of benzene rings is 1. The van der Waals surface area contributed by atoms with E-state index in [-0.39, 0.29) is 23.7 Å². The van der Waals surface area contributed by atoms with E-state index in [0.29, 0.717) is 49.4 Å². The average Bonchev–Trinajstić information content (AvgIpc) is 2.68. The van der Waals surface area contributed by atoms with Gasteiger partial charge in [0.15, 0.2) is 0 Å². The molecule has 2 fully saturated rings. The van der Waals surface area contributed by atoms with Crippen LogP contribution in [0, 0.1) is 0 Å². The molecule has 27 heavy (non-hydrogen) atoms. The summed E-state index contributed by atoms with van der Waals surface area (Å²) in [4.78, 5) is 18.5. The molecular weight excluding hydrogens is 364 g/mol. The molecule has 1 amide bonds. The van der Waals surface area contributed by atoms with Gasteiger partial charge in [0.25, 0.3) is 5.91 Å². The Morgan fingerprint density at radius 2 is 1.96 bits per heavy atom. The Hall–Kier alpha value is -1.95. The van der Waals surface area contributed by atoms with Crippen molar-refractivity contribution in [1.29, 1.82) is 0 Å². The lowest BCUT2D eigenvalue weighted by Crippen LogP contribution is -2.52. The van der Waals surface area contributed by atoms with Crippen molar-refractivity contribution in [3.63, 3.8) is 0 Å². The fourth-order valence-electron chi connectivity index (χ4n) is 4.18. The number of carbonyl (C=O) groups is 1. The van der Waals surface area contributed by atoms with Gasteiger partial charge < -0.3 is 14.7 Å². The van der Waals surface area contributed by atoms with Gasteiger partial charge in [-0.05, 0) is 24.5 Å². The molecule has 2 aliphatic rings. The number of nitrogens with zero attached hydrogens (tertiary/aromatic N) is 2. The number of hydrogen-bond acceptors (Lipinski definition) is 4. The highest BCUT2D eigenvalue weighted by Crippen LogP contribution is 2.43. The minimum Gasteiger partial charge on any atom is -0.393 e. The Balaban J connectivity index is 1.45. The number of amides is 1. The van der Waals surface area contributed by atoms with Crippen molar-refractivity contribution in [1.82, 2.24) is 9.88 Å². The maximum atomic E-state index is 12.7. The molecule has 0 bridgehead atoms. The van der Waals surface area contributed by atoms with E-state index in [1.165, 1.54) is 6.20 Å². The first-order valence-electron chi connectivity index (χ1n) is 9.35. The zero-order valence-corrected chi connectivity index (χ0v) is 15.8. The molecule has 1 aromatic carbocycles. The van der Waals surface area contributed by atoms with Gasteiger partial charge in [-0.15, -0.1) is 0 Å². The molecule has 6 heteroatoms. The Labute approximate surface area is 163 Å². The second-order valence-corrected chi connectivity index (χ2v) is 7.91. The van der Waals surface area contributed by atoms with Gasteiger partial charge in [-0.25, -0.2) is 0 Å². The lowest BCUT2D eigenvalue weighted by atomic mass is 9.81. The first-order chi connectivity index (χ1) is 13.0. The van der Waals surface area contributed by atoms with Gasteiger partial charge in [-0.2, -0.15) is 0 Å². The number of aliphatic hydroxyl groups is 1. The number of carbonyl (C=O) groups excluding carboxylic acids is 1. The Kier molecular flexibility index (Phi) is 5.17. The Morgan fingerprint density at radius 1 is 1.22 bits per heavy atom. The van der Waals surface area contributed by atoms with Crippen molar-refractivity contribution in [3.05, 3.63) is 64.9 Å². The van der Waals surface area contributed by atoms with E-state index >= 15 is 0 Å². The fraction of sp³-hybridized carbons (Fsp3) is 0.429. The number of halogens is 1.